The third-order valence-electron chi connectivity index (χ3n) is 4.32. The van der Waals surface area contributed by atoms with Crippen molar-refractivity contribution in [1.82, 2.24) is 14.9 Å². The second-order valence-electron chi connectivity index (χ2n) is 5.67. The molecule has 19 heavy (non-hydrogen) atoms. The van der Waals surface area contributed by atoms with Gasteiger partial charge in [-0.3, -0.25) is 0 Å². The van der Waals surface area contributed by atoms with Gasteiger partial charge < -0.3 is 9.88 Å². The van der Waals surface area contributed by atoms with Crippen LogP contribution in [-0.2, 0) is 6.42 Å². The van der Waals surface area contributed by atoms with Crippen LogP contribution in [0.4, 0.5) is 4.39 Å². The standard InChI is InChI=1S/C15H20FN3/c1-10(11-3-4-11)19(2)6-5-12-8-17-15-14(12)7-13(16)9-18-15/h7-11H,3-6H2,1-2H3,(H,17,18). The summed E-state index contributed by atoms with van der Waals surface area (Å²) >= 11 is 0. The van der Waals surface area contributed by atoms with E-state index >= 15 is 0 Å². The zero-order chi connectivity index (χ0) is 13.4. The SMILES string of the molecule is CC(C1CC1)N(C)CCc1c[nH]c2ncc(F)cc12. The van der Waals surface area contributed by atoms with Crippen LogP contribution in [0, 0.1) is 11.7 Å². The number of H-pyrrole nitrogens is 1. The highest BCUT2D eigenvalue weighted by atomic mass is 19.1. The summed E-state index contributed by atoms with van der Waals surface area (Å²) in [5.41, 5.74) is 1.92. The van der Waals surface area contributed by atoms with Crippen LogP contribution in [0.5, 0.6) is 0 Å². The summed E-state index contributed by atoms with van der Waals surface area (Å²) in [4.78, 5) is 9.57. The molecule has 0 aliphatic heterocycles. The number of nitrogens with zero attached hydrogens (tertiary/aromatic N) is 2. The van der Waals surface area contributed by atoms with Crippen molar-refractivity contribution in [2.45, 2.75) is 32.2 Å². The van der Waals surface area contributed by atoms with Gasteiger partial charge in [0.15, 0.2) is 0 Å². The van der Waals surface area contributed by atoms with E-state index in [2.05, 4.69) is 28.8 Å². The molecule has 3 rings (SSSR count). The van der Waals surface area contributed by atoms with E-state index in [0.29, 0.717) is 6.04 Å². The Kier molecular flexibility index (Phi) is 3.27. The summed E-state index contributed by atoms with van der Waals surface area (Å²) in [5.74, 6) is 0.611. The van der Waals surface area contributed by atoms with Gasteiger partial charge in [0.1, 0.15) is 11.5 Å². The Labute approximate surface area is 112 Å². The highest BCUT2D eigenvalue weighted by molar-refractivity contribution is 5.79. The summed E-state index contributed by atoms with van der Waals surface area (Å²) in [5, 5.41) is 0.910. The quantitative estimate of drug-likeness (QED) is 0.897. The van der Waals surface area contributed by atoms with Crippen LogP contribution in [0.1, 0.15) is 25.3 Å². The van der Waals surface area contributed by atoms with Crippen LogP contribution in [0.3, 0.4) is 0 Å². The zero-order valence-electron chi connectivity index (χ0n) is 11.5. The fourth-order valence-electron chi connectivity index (χ4n) is 2.68. The lowest BCUT2D eigenvalue weighted by molar-refractivity contribution is 0.237. The molecular weight excluding hydrogens is 241 g/mol. The molecule has 4 heteroatoms. The predicted octanol–water partition coefficient (Wildman–Crippen LogP) is 2.97. The van der Waals surface area contributed by atoms with Crippen LogP contribution in [0.25, 0.3) is 11.0 Å². The average molecular weight is 261 g/mol. The highest BCUT2D eigenvalue weighted by Gasteiger charge is 2.30. The molecule has 102 valence electrons. The van der Waals surface area contributed by atoms with Crippen LogP contribution in [-0.4, -0.2) is 34.5 Å². The first-order chi connectivity index (χ1) is 9.15. The van der Waals surface area contributed by atoms with Crippen LogP contribution >= 0.6 is 0 Å². The molecule has 2 heterocycles. The molecule has 0 aromatic carbocycles. The predicted molar refractivity (Wildman–Crippen MR) is 74.6 cm³/mol. The van der Waals surface area contributed by atoms with Crippen molar-refractivity contribution in [1.29, 1.82) is 0 Å². The second kappa shape index (κ2) is 4.93. The number of halogens is 1. The van der Waals surface area contributed by atoms with Crippen molar-refractivity contribution in [3.8, 4) is 0 Å². The first-order valence-corrected chi connectivity index (χ1v) is 6.97. The molecule has 1 unspecified atom stereocenters. The molecule has 0 radical (unpaired) electrons. The lowest BCUT2D eigenvalue weighted by Crippen LogP contribution is -2.32. The fraction of sp³-hybridized carbons (Fsp3) is 0.533. The number of aromatic nitrogens is 2. The van der Waals surface area contributed by atoms with E-state index in [1.165, 1.54) is 19.0 Å². The van der Waals surface area contributed by atoms with Crippen molar-refractivity contribution >= 4 is 11.0 Å². The largest absolute Gasteiger partial charge is 0.346 e. The molecule has 2 aromatic rings. The first-order valence-electron chi connectivity index (χ1n) is 6.97. The van der Waals surface area contributed by atoms with Crippen molar-refractivity contribution in [3.05, 3.63) is 29.8 Å². The van der Waals surface area contributed by atoms with E-state index in [1.807, 2.05) is 6.20 Å². The maximum atomic E-state index is 13.2. The van der Waals surface area contributed by atoms with Crippen LogP contribution < -0.4 is 0 Å². The number of aromatic amines is 1. The summed E-state index contributed by atoms with van der Waals surface area (Å²) in [7, 11) is 2.18. The summed E-state index contributed by atoms with van der Waals surface area (Å²) < 4.78 is 13.2. The highest BCUT2D eigenvalue weighted by Crippen LogP contribution is 2.34. The minimum atomic E-state index is -0.270. The normalized spacial score (nSPS) is 17.3. The van der Waals surface area contributed by atoms with E-state index in [4.69, 9.17) is 0 Å². The third-order valence-corrected chi connectivity index (χ3v) is 4.32. The molecule has 1 aliphatic carbocycles. The fourth-order valence-corrected chi connectivity index (χ4v) is 2.68. The topological polar surface area (TPSA) is 31.9 Å². The van der Waals surface area contributed by atoms with Crippen molar-refractivity contribution in [2.24, 2.45) is 5.92 Å². The lowest BCUT2D eigenvalue weighted by atomic mass is 10.1. The Hall–Kier alpha value is -1.42. The molecule has 1 aliphatic rings. The Balaban J connectivity index is 1.69. The Morgan fingerprint density at radius 2 is 2.32 bits per heavy atom. The molecule has 0 saturated heterocycles. The van der Waals surface area contributed by atoms with Crippen molar-refractivity contribution < 1.29 is 4.39 Å². The molecule has 1 fully saturated rings. The molecule has 1 atom stereocenters. The van der Waals surface area contributed by atoms with Gasteiger partial charge in [0.2, 0.25) is 0 Å². The maximum absolute atomic E-state index is 13.2. The van der Waals surface area contributed by atoms with Gasteiger partial charge in [-0.05, 0) is 50.8 Å². The van der Waals surface area contributed by atoms with Gasteiger partial charge in [0.05, 0.1) is 6.20 Å². The maximum Gasteiger partial charge on any atom is 0.142 e. The van der Waals surface area contributed by atoms with Crippen LogP contribution in [0.15, 0.2) is 18.5 Å². The number of hydrogen-bond donors (Lipinski definition) is 1. The van der Waals surface area contributed by atoms with Gasteiger partial charge in [-0.15, -0.1) is 0 Å². The smallest absolute Gasteiger partial charge is 0.142 e. The van der Waals surface area contributed by atoms with Gasteiger partial charge in [-0.1, -0.05) is 0 Å². The minimum Gasteiger partial charge on any atom is -0.346 e. The number of fused-ring (bicyclic) bond motifs is 1. The Morgan fingerprint density at radius 3 is 3.05 bits per heavy atom. The summed E-state index contributed by atoms with van der Waals surface area (Å²) in [6, 6.07) is 2.22. The first kappa shape index (κ1) is 12.6. The number of hydrogen-bond acceptors (Lipinski definition) is 2. The molecule has 2 aromatic heterocycles. The molecular formula is C15H20FN3. The van der Waals surface area contributed by atoms with E-state index in [1.54, 1.807) is 6.07 Å². The van der Waals surface area contributed by atoms with Crippen molar-refractivity contribution in [3.63, 3.8) is 0 Å². The molecule has 3 nitrogen and oxygen atoms in total. The molecule has 0 amide bonds. The van der Waals surface area contributed by atoms with E-state index in [0.717, 1.165) is 35.5 Å². The van der Waals surface area contributed by atoms with Gasteiger partial charge >= 0.3 is 0 Å². The Bertz CT molecular complexity index is 574. The second-order valence-corrected chi connectivity index (χ2v) is 5.67. The van der Waals surface area contributed by atoms with Crippen molar-refractivity contribution in [2.75, 3.05) is 13.6 Å². The van der Waals surface area contributed by atoms with E-state index in [-0.39, 0.29) is 5.82 Å². The van der Waals surface area contributed by atoms with Gasteiger partial charge in [0.25, 0.3) is 0 Å². The number of likely N-dealkylation sites (N-methyl/N-ethyl adjacent to an activating group) is 1. The van der Waals surface area contributed by atoms with Gasteiger partial charge in [0, 0.05) is 24.2 Å². The van der Waals surface area contributed by atoms with Gasteiger partial charge in [-0.25, -0.2) is 9.37 Å². The lowest BCUT2D eigenvalue weighted by Gasteiger charge is -2.24. The van der Waals surface area contributed by atoms with E-state index in [9.17, 15) is 4.39 Å². The van der Waals surface area contributed by atoms with E-state index < -0.39 is 0 Å². The zero-order valence-corrected chi connectivity index (χ0v) is 11.5. The van der Waals surface area contributed by atoms with Gasteiger partial charge in [-0.2, -0.15) is 0 Å². The number of nitrogens with one attached hydrogen (secondary N) is 1. The molecule has 0 bridgehead atoms. The summed E-state index contributed by atoms with van der Waals surface area (Å²) in [6.45, 7) is 3.30. The summed E-state index contributed by atoms with van der Waals surface area (Å²) in [6.07, 6.45) is 6.87. The molecule has 0 spiro atoms. The minimum absolute atomic E-state index is 0.270. The Morgan fingerprint density at radius 1 is 1.53 bits per heavy atom. The molecule has 1 saturated carbocycles. The van der Waals surface area contributed by atoms with Crippen LogP contribution in [0.2, 0.25) is 0 Å². The average Bonchev–Trinajstić information content (AvgIpc) is 3.17. The number of pyridine rings is 1. The number of rotatable bonds is 5. The third kappa shape index (κ3) is 2.63. The monoisotopic (exact) mass is 261 g/mol. The molecule has 1 N–H and O–H groups in total.